The summed E-state index contributed by atoms with van der Waals surface area (Å²) in [5, 5.41) is 0. The number of likely N-dealkylation sites (tertiary alicyclic amines) is 1. The van der Waals surface area contributed by atoms with E-state index in [0.717, 1.165) is 56.8 Å². The number of hydrogen-bond acceptors (Lipinski definition) is 2. The number of rotatable bonds is 1. The number of morpholine rings is 1. The van der Waals surface area contributed by atoms with Crippen LogP contribution in [0.4, 0.5) is 5.69 Å². The summed E-state index contributed by atoms with van der Waals surface area (Å²) in [5.41, 5.74) is 0.948. The molecule has 21 heavy (non-hydrogen) atoms. The van der Waals surface area contributed by atoms with E-state index in [0.29, 0.717) is 0 Å². The monoisotopic (exact) mass is 286 g/mol. The van der Waals surface area contributed by atoms with Crippen LogP contribution in [-0.4, -0.2) is 61.5 Å². The van der Waals surface area contributed by atoms with Crippen molar-refractivity contribution in [3.8, 4) is 0 Å². The molecular formula is C16H22N4O. The molecule has 0 amide bonds. The fraction of sp³-hybridized carbons (Fsp3) is 0.500. The second kappa shape index (κ2) is 6.72. The molecule has 0 bridgehead atoms. The van der Waals surface area contributed by atoms with Crippen molar-refractivity contribution in [2.75, 3.05) is 39.9 Å². The molecule has 0 saturated carbocycles. The minimum absolute atomic E-state index is 0.745. The van der Waals surface area contributed by atoms with Gasteiger partial charge in [-0.15, -0.1) is 0 Å². The zero-order valence-electron chi connectivity index (χ0n) is 12.5. The molecule has 2 aliphatic heterocycles. The lowest BCUT2D eigenvalue weighted by Crippen LogP contribution is -2.40. The molecular weight excluding hydrogens is 264 g/mol. The second-order valence-corrected chi connectivity index (χ2v) is 5.40. The Labute approximate surface area is 125 Å². The molecule has 0 unspecified atom stereocenters. The molecule has 0 N–H and O–H groups in total. The summed E-state index contributed by atoms with van der Waals surface area (Å²) in [6.45, 7) is 4.28. The van der Waals surface area contributed by atoms with Crippen molar-refractivity contribution in [3.63, 3.8) is 0 Å². The quantitative estimate of drug-likeness (QED) is 0.586. The van der Waals surface area contributed by atoms with Crippen molar-refractivity contribution < 1.29 is 4.74 Å². The summed E-state index contributed by atoms with van der Waals surface area (Å²) in [7, 11) is 2.10. The molecule has 5 nitrogen and oxygen atoms in total. The predicted molar refractivity (Wildman–Crippen MR) is 85.2 cm³/mol. The molecule has 1 aromatic rings. The molecule has 0 aromatic heterocycles. The van der Waals surface area contributed by atoms with Crippen molar-refractivity contribution >= 4 is 17.5 Å². The minimum atomic E-state index is 0.745. The molecule has 112 valence electrons. The summed E-state index contributed by atoms with van der Waals surface area (Å²) in [5.74, 6) is 1.95. The van der Waals surface area contributed by atoms with Crippen molar-refractivity contribution in [3.05, 3.63) is 30.3 Å². The lowest BCUT2D eigenvalue weighted by atomic mass is 10.3. The van der Waals surface area contributed by atoms with Gasteiger partial charge in [-0.1, -0.05) is 18.2 Å². The molecule has 2 aliphatic rings. The van der Waals surface area contributed by atoms with Gasteiger partial charge in [0.25, 0.3) is 0 Å². The molecule has 2 saturated heterocycles. The Kier molecular flexibility index (Phi) is 4.50. The molecule has 1 aromatic carbocycles. The molecule has 0 radical (unpaired) electrons. The topological polar surface area (TPSA) is 40.4 Å². The van der Waals surface area contributed by atoms with Crippen LogP contribution in [0, 0.1) is 0 Å². The van der Waals surface area contributed by atoms with Crippen molar-refractivity contribution in [2.45, 2.75) is 12.8 Å². The number of benzene rings is 1. The van der Waals surface area contributed by atoms with E-state index >= 15 is 0 Å². The highest BCUT2D eigenvalue weighted by atomic mass is 16.5. The summed E-state index contributed by atoms with van der Waals surface area (Å²) in [4.78, 5) is 14.0. The first-order chi connectivity index (χ1) is 10.3. The SMILES string of the molecule is CN1CCC/C1=N/C(=N/c1ccccc1)N1CCOCC1. The fourth-order valence-corrected chi connectivity index (χ4v) is 2.60. The van der Waals surface area contributed by atoms with Crippen molar-refractivity contribution in [2.24, 2.45) is 9.98 Å². The maximum Gasteiger partial charge on any atom is 0.227 e. The van der Waals surface area contributed by atoms with Gasteiger partial charge >= 0.3 is 0 Å². The van der Waals surface area contributed by atoms with E-state index in [-0.39, 0.29) is 0 Å². The van der Waals surface area contributed by atoms with Crippen LogP contribution in [-0.2, 0) is 4.74 Å². The molecule has 2 fully saturated rings. The maximum absolute atomic E-state index is 5.44. The number of ether oxygens (including phenoxy) is 1. The average Bonchev–Trinajstić information content (AvgIpc) is 2.94. The maximum atomic E-state index is 5.44. The third-order valence-electron chi connectivity index (χ3n) is 3.84. The van der Waals surface area contributed by atoms with Gasteiger partial charge < -0.3 is 14.5 Å². The fourth-order valence-electron chi connectivity index (χ4n) is 2.60. The van der Waals surface area contributed by atoms with Gasteiger partial charge in [-0.25, -0.2) is 4.99 Å². The number of amidine groups is 1. The first-order valence-corrected chi connectivity index (χ1v) is 7.58. The van der Waals surface area contributed by atoms with Crippen LogP contribution in [0.2, 0.25) is 0 Å². The Morgan fingerprint density at radius 2 is 1.86 bits per heavy atom. The van der Waals surface area contributed by atoms with E-state index in [1.54, 1.807) is 0 Å². The smallest absolute Gasteiger partial charge is 0.227 e. The van der Waals surface area contributed by atoms with Gasteiger partial charge in [0, 0.05) is 33.1 Å². The molecule has 3 rings (SSSR count). The highest BCUT2D eigenvalue weighted by molar-refractivity contribution is 5.97. The third-order valence-corrected chi connectivity index (χ3v) is 3.84. The summed E-state index contributed by atoms with van der Waals surface area (Å²) in [6, 6.07) is 10.0. The van der Waals surface area contributed by atoms with E-state index in [2.05, 4.69) is 16.8 Å². The van der Waals surface area contributed by atoms with E-state index in [9.17, 15) is 0 Å². The predicted octanol–water partition coefficient (Wildman–Crippen LogP) is 2.13. The largest absolute Gasteiger partial charge is 0.378 e. The third kappa shape index (κ3) is 3.61. The summed E-state index contributed by atoms with van der Waals surface area (Å²) >= 11 is 0. The normalized spacial score (nSPS) is 22.1. The molecule has 2 heterocycles. The number of guanidine groups is 1. The van der Waals surface area contributed by atoms with Crippen LogP contribution >= 0.6 is 0 Å². The minimum Gasteiger partial charge on any atom is -0.378 e. The Bertz CT molecular complexity index is 520. The van der Waals surface area contributed by atoms with Gasteiger partial charge in [0.1, 0.15) is 5.84 Å². The molecule has 0 aliphatic carbocycles. The zero-order valence-corrected chi connectivity index (χ0v) is 12.5. The van der Waals surface area contributed by atoms with Crippen molar-refractivity contribution in [1.82, 2.24) is 9.80 Å². The lowest BCUT2D eigenvalue weighted by Gasteiger charge is -2.28. The van der Waals surface area contributed by atoms with E-state index in [1.165, 1.54) is 6.42 Å². The van der Waals surface area contributed by atoms with Crippen molar-refractivity contribution in [1.29, 1.82) is 0 Å². The first-order valence-electron chi connectivity index (χ1n) is 7.58. The Balaban J connectivity index is 1.88. The summed E-state index contributed by atoms with van der Waals surface area (Å²) < 4.78 is 5.44. The zero-order chi connectivity index (χ0) is 14.5. The Hall–Kier alpha value is -1.88. The molecule has 0 spiro atoms. The first kappa shape index (κ1) is 14.1. The van der Waals surface area contributed by atoms with Gasteiger partial charge in [-0.05, 0) is 18.6 Å². The second-order valence-electron chi connectivity index (χ2n) is 5.40. The van der Waals surface area contributed by atoms with Gasteiger partial charge in [0.2, 0.25) is 5.96 Å². The molecule has 0 atom stereocenters. The summed E-state index contributed by atoms with van der Waals surface area (Å²) in [6.07, 6.45) is 2.21. The van der Waals surface area contributed by atoms with Gasteiger partial charge in [-0.3, -0.25) is 0 Å². The van der Waals surface area contributed by atoms with E-state index < -0.39 is 0 Å². The van der Waals surface area contributed by atoms with Crippen LogP contribution in [0.25, 0.3) is 0 Å². The Morgan fingerprint density at radius 1 is 1.10 bits per heavy atom. The van der Waals surface area contributed by atoms with Crippen LogP contribution < -0.4 is 0 Å². The van der Waals surface area contributed by atoms with Gasteiger partial charge in [0.05, 0.1) is 18.9 Å². The van der Waals surface area contributed by atoms with Crippen LogP contribution in [0.1, 0.15) is 12.8 Å². The Morgan fingerprint density at radius 3 is 2.52 bits per heavy atom. The van der Waals surface area contributed by atoms with Crippen LogP contribution in [0.15, 0.2) is 40.3 Å². The highest BCUT2D eigenvalue weighted by Crippen LogP contribution is 2.15. The lowest BCUT2D eigenvalue weighted by molar-refractivity contribution is 0.0676. The average molecular weight is 286 g/mol. The van der Waals surface area contributed by atoms with Crippen LogP contribution in [0.3, 0.4) is 0 Å². The van der Waals surface area contributed by atoms with E-state index in [4.69, 9.17) is 14.7 Å². The highest BCUT2D eigenvalue weighted by Gasteiger charge is 2.19. The molecule has 5 heteroatoms. The van der Waals surface area contributed by atoms with Crippen LogP contribution in [0.5, 0.6) is 0 Å². The number of hydrogen-bond donors (Lipinski definition) is 0. The van der Waals surface area contributed by atoms with E-state index in [1.807, 2.05) is 30.3 Å². The van der Waals surface area contributed by atoms with Gasteiger partial charge in [0.15, 0.2) is 0 Å². The number of para-hydroxylation sites is 1. The number of nitrogens with zero attached hydrogens (tertiary/aromatic N) is 4. The van der Waals surface area contributed by atoms with Gasteiger partial charge in [-0.2, -0.15) is 4.99 Å². The standard InChI is InChI=1S/C16H22N4O/c1-19-9-5-8-15(19)18-16(20-10-12-21-13-11-20)17-14-6-3-2-4-7-14/h2-4,6-7H,5,8-13H2,1H3/b17-16-,18-15-. The number of aliphatic imine (C=N–C) groups is 2.